The Bertz CT molecular complexity index is 1220. The van der Waals surface area contributed by atoms with E-state index in [-0.39, 0.29) is 12.8 Å². The van der Waals surface area contributed by atoms with E-state index in [2.05, 4.69) is 43.5 Å². The van der Waals surface area contributed by atoms with Crippen LogP contribution in [-0.2, 0) is 14.3 Å². The normalized spacial score (nSPS) is 20.2. The van der Waals surface area contributed by atoms with Crippen LogP contribution in [0.2, 0.25) is 0 Å². The van der Waals surface area contributed by atoms with Crippen LogP contribution in [0, 0.1) is 0 Å². The molecular formula is C61H117NO10. The van der Waals surface area contributed by atoms with Gasteiger partial charge in [0.05, 0.1) is 25.4 Å². The Hall–Kier alpha value is -1.41. The minimum Gasteiger partial charge on any atom is -0.394 e. The first-order chi connectivity index (χ1) is 35.2. The SMILES string of the molecule is CCCCCCCCCCCCCCCCCC/C=C/CC/C=C/CCCC(O)C(O)C(COC1OC(CO)C(O)C(O)C1O)NC(=O)C(O)CCCCCCCCCCCCCCCCCCCCCC. The van der Waals surface area contributed by atoms with Crippen LogP contribution in [0.25, 0.3) is 0 Å². The molecule has 9 atom stereocenters. The number of hydrogen-bond donors (Lipinski definition) is 8. The van der Waals surface area contributed by atoms with Gasteiger partial charge in [-0.15, -0.1) is 0 Å². The summed E-state index contributed by atoms with van der Waals surface area (Å²) in [4.78, 5) is 13.2. The number of aliphatic hydroxyl groups is 7. The maximum absolute atomic E-state index is 13.2. The van der Waals surface area contributed by atoms with E-state index >= 15 is 0 Å². The van der Waals surface area contributed by atoms with Gasteiger partial charge >= 0.3 is 0 Å². The topological polar surface area (TPSA) is 189 Å². The molecule has 8 N–H and O–H groups in total. The zero-order chi connectivity index (χ0) is 52.5. The minimum absolute atomic E-state index is 0.249. The molecule has 0 bridgehead atoms. The first-order valence-electron chi connectivity index (χ1n) is 30.7. The number of carbonyl (C=O) groups is 1. The van der Waals surface area contributed by atoms with Crippen LogP contribution in [0.3, 0.4) is 0 Å². The number of unbranched alkanes of at least 4 members (excludes halogenated alkanes) is 37. The third kappa shape index (κ3) is 38.2. The fraction of sp³-hybridized carbons (Fsp3) is 0.918. The summed E-state index contributed by atoms with van der Waals surface area (Å²) in [5, 5.41) is 76.2. The van der Waals surface area contributed by atoms with E-state index in [0.717, 1.165) is 38.5 Å². The maximum Gasteiger partial charge on any atom is 0.249 e. The van der Waals surface area contributed by atoms with Gasteiger partial charge in [-0.2, -0.15) is 0 Å². The van der Waals surface area contributed by atoms with Crippen LogP contribution in [0.15, 0.2) is 24.3 Å². The lowest BCUT2D eigenvalue weighted by Crippen LogP contribution is -2.60. The molecule has 11 nitrogen and oxygen atoms in total. The number of ether oxygens (including phenoxy) is 2. The van der Waals surface area contributed by atoms with Gasteiger partial charge in [0, 0.05) is 0 Å². The maximum atomic E-state index is 13.2. The minimum atomic E-state index is -1.67. The molecule has 1 saturated heterocycles. The largest absolute Gasteiger partial charge is 0.394 e. The average molecular weight is 1020 g/mol. The van der Waals surface area contributed by atoms with Crippen molar-refractivity contribution in [2.75, 3.05) is 13.2 Å². The second-order valence-corrected chi connectivity index (χ2v) is 21.8. The molecule has 0 aromatic rings. The van der Waals surface area contributed by atoms with Crippen molar-refractivity contribution in [2.45, 2.75) is 345 Å². The van der Waals surface area contributed by atoms with Gasteiger partial charge in [0.1, 0.15) is 36.6 Å². The van der Waals surface area contributed by atoms with Crippen molar-refractivity contribution in [3.05, 3.63) is 24.3 Å². The molecule has 0 spiro atoms. The van der Waals surface area contributed by atoms with Crippen molar-refractivity contribution in [3.8, 4) is 0 Å². The highest BCUT2D eigenvalue weighted by Crippen LogP contribution is 2.23. The van der Waals surface area contributed by atoms with Crippen LogP contribution in [0.5, 0.6) is 0 Å². The number of nitrogens with one attached hydrogen (secondary N) is 1. The smallest absolute Gasteiger partial charge is 0.249 e. The predicted octanol–water partition coefficient (Wildman–Crippen LogP) is 13.3. The summed E-state index contributed by atoms with van der Waals surface area (Å²) in [6, 6.07) is -1.19. The van der Waals surface area contributed by atoms with E-state index in [1.54, 1.807) is 0 Å². The van der Waals surface area contributed by atoms with E-state index in [1.807, 2.05) is 0 Å². The van der Waals surface area contributed by atoms with Crippen LogP contribution in [-0.4, -0.2) is 110 Å². The van der Waals surface area contributed by atoms with Crippen molar-refractivity contribution in [1.82, 2.24) is 5.32 Å². The highest BCUT2D eigenvalue weighted by atomic mass is 16.7. The van der Waals surface area contributed by atoms with Gasteiger partial charge in [-0.3, -0.25) is 4.79 Å². The Labute approximate surface area is 442 Å². The summed E-state index contributed by atoms with van der Waals surface area (Å²) in [6.45, 7) is 3.48. The standard InChI is InChI=1S/C61H117NO10/c1-3-5-7-9-11-13-15-17-19-21-23-25-26-27-28-29-31-32-34-36-38-40-42-44-46-48-53(64)56(66)52(51-71-61-59(69)58(68)57(67)55(50-63)72-61)62-60(70)54(65)49-47-45-43-41-39-37-35-33-30-24-22-20-18-16-14-12-10-8-6-4-2/h32,34,40,42,52-59,61,63-69H,3-31,33,35-39,41,43-51H2,1-2H3,(H,62,70)/b34-32+,42-40+. The number of rotatable bonds is 53. The van der Waals surface area contributed by atoms with Crippen LogP contribution < -0.4 is 5.32 Å². The van der Waals surface area contributed by atoms with Gasteiger partial charge in [0.2, 0.25) is 5.91 Å². The zero-order valence-corrected chi connectivity index (χ0v) is 46.7. The van der Waals surface area contributed by atoms with Crippen molar-refractivity contribution < 1.29 is 50.0 Å². The number of amides is 1. The monoisotopic (exact) mass is 1020 g/mol. The number of carbonyl (C=O) groups excluding carboxylic acids is 1. The molecule has 1 aliphatic rings. The van der Waals surface area contributed by atoms with E-state index < -0.39 is 74.2 Å². The highest BCUT2D eigenvalue weighted by Gasteiger charge is 2.44. The fourth-order valence-corrected chi connectivity index (χ4v) is 9.99. The number of allylic oxidation sites excluding steroid dienone is 4. The van der Waals surface area contributed by atoms with Gasteiger partial charge in [-0.25, -0.2) is 0 Å². The lowest BCUT2D eigenvalue weighted by molar-refractivity contribution is -0.303. The summed E-state index contributed by atoms with van der Waals surface area (Å²) < 4.78 is 11.1. The fourth-order valence-electron chi connectivity index (χ4n) is 9.99. The molecular weight excluding hydrogens is 907 g/mol. The molecule has 1 amide bonds. The molecule has 9 unspecified atom stereocenters. The van der Waals surface area contributed by atoms with Gasteiger partial charge in [-0.1, -0.05) is 263 Å². The molecule has 72 heavy (non-hydrogen) atoms. The molecule has 1 rings (SSSR count). The summed E-state index contributed by atoms with van der Waals surface area (Å²) >= 11 is 0. The van der Waals surface area contributed by atoms with E-state index in [4.69, 9.17) is 9.47 Å². The zero-order valence-electron chi connectivity index (χ0n) is 46.7. The molecule has 0 aromatic carbocycles. The third-order valence-electron chi connectivity index (χ3n) is 15.0. The summed E-state index contributed by atoms with van der Waals surface area (Å²) in [5.74, 6) is -0.705. The van der Waals surface area contributed by atoms with E-state index in [0.29, 0.717) is 19.3 Å². The van der Waals surface area contributed by atoms with E-state index in [1.165, 1.54) is 205 Å². The molecule has 426 valence electrons. The van der Waals surface area contributed by atoms with Gasteiger partial charge in [-0.05, 0) is 51.4 Å². The Morgan fingerprint density at radius 2 is 0.833 bits per heavy atom. The van der Waals surface area contributed by atoms with Gasteiger partial charge in [0.25, 0.3) is 0 Å². The second-order valence-electron chi connectivity index (χ2n) is 21.8. The molecule has 1 heterocycles. The van der Waals surface area contributed by atoms with Gasteiger partial charge in [0.15, 0.2) is 6.29 Å². The van der Waals surface area contributed by atoms with Crippen molar-refractivity contribution in [2.24, 2.45) is 0 Å². The average Bonchev–Trinajstić information content (AvgIpc) is 3.38. The quantitative estimate of drug-likeness (QED) is 0.0215. The Kier molecular flexibility index (Phi) is 48.0. The first-order valence-corrected chi connectivity index (χ1v) is 30.7. The molecule has 11 heteroatoms. The van der Waals surface area contributed by atoms with Crippen molar-refractivity contribution in [3.63, 3.8) is 0 Å². The Morgan fingerprint density at radius 1 is 0.472 bits per heavy atom. The molecule has 0 saturated carbocycles. The third-order valence-corrected chi connectivity index (χ3v) is 15.0. The van der Waals surface area contributed by atoms with Crippen molar-refractivity contribution >= 4 is 5.91 Å². The predicted molar refractivity (Wildman–Crippen MR) is 298 cm³/mol. The first kappa shape index (κ1) is 68.6. The Balaban J connectivity index is 2.31. The lowest BCUT2D eigenvalue weighted by Gasteiger charge is -2.40. The summed E-state index contributed by atoms with van der Waals surface area (Å²) in [5.41, 5.74) is 0. The second kappa shape index (κ2) is 50.4. The van der Waals surface area contributed by atoms with E-state index in [9.17, 15) is 40.5 Å². The van der Waals surface area contributed by atoms with Crippen molar-refractivity contribution in [1.29, 1.82) is 0 Å². The molecule has 1 aliphatic heterocycles. The molecule has 0 aromatic heterocycles. The van der Waals surface area contributed by atoms with Crippen LogP contribution >= 0.6 is 0 Å². The lowest BCUT2D eigenvalue weighted by atomic mass is 9.98. The number of hydrogen-bond acceptors (Lipinski definition) is 10. The molecule has 1 fully saturated rings. The highest BCUT2D eigenvalue weighted by molar-refractivity contribution is 5.80. The summed E-state index contributed by atoms with van der Waals surface area (Å²) in [6.07, 6.45) is 49.5. The molecule has 0 radical (unpaired) electrons. The number of aliphatic hydroxyl groups excluding tert-OH is 7. The molecule has 0 aliphatic carbocycles. The Morgan fingerprint density at radius 3 is 1.24 bits per heavy atom. The van der Waals surface area contributed by atoms with Crippen LogP contribution in [0.4, 0.5) is 0 Å². The summed E-state index contributed by atoms with van der Waals surface area (Å²) in [7, 11) is 0. The van der Waals surface area contributed by atoms with Gasteiger partial charge < -0.3 is 50.5 Å². The van der Waals surface area contributed by atoms with Crippen LogP contribution in [0.1, 0.15) is 290 Å².